The van der Waals surface area contributed by atoms with Crippen LogP contribution in [-0.4, -0.2) is 21.2 Å². The summed E-state index contributed by atoms with van der Waals surface area (Å²) in [7, 11) is 1.87. The summed E-state index contributed by atoms with van der Waals surface area (Å²) in [6.45, 7) is 2.57. The zero-order valence-corrected chi connectivity index (χ0v) is 12.2. The number of hydrogen-bond acceptors (Lipinski definition) is 5. The highest BCUT2D eigenvalue weighted by molar-refractivity contribution is 7.98. The Balaban J connectivity index is 2.12. The topological polar surface area (TPSA) is 73.0 Å². The van der Waals surface area contributed by atoms with Crippen LogP contribution >= 0.6 is 11.8 Å². The molecule has 0 spiro atoms. The fourth-order valence-electron chi connectivity index (χ4n) is 1.80. The van der Waals surface area contributed by atoms with Crippen molar-refractivity contribution in [1.29, 1.82) is 0 Å². The van der Waals surface area contributed by atoms with E-state index in [1.807, 2.05) is 26.2 Å². The SMILES string of the molecule is CCNc1cc(CSc2cnn(C)c2)ccc1[N+](=O)[O-]. The van der Waals surface area contributed by atoms with Crippen LogP contribution in [0.4, 0.5) is 11.4 Å². The van der Waals surface area contributed by atoms with E-state index in [4.69, 9.17) is 0 Å². The lowest BCUT2D eigenvalue weighted by molar-refractivity contribution is -0.384. The molecule has 0 atom stereocenters. The van der Waals surface area contributed by atoms with E-state index >= 15 is 0 Å². The van der Waals surface area contributed by atoms with Gasteiger partial charge in [0.2, 0.25) is 0 Å². The lowest BCUT2D eigenvalue weighted by Gasteiger charge is -2.07. The van der Waals surface area contributed by atoms with Crippen LogP contribution in [0.1, 0.15) is 12.5 Å². The van der Waals surface area contributed by atoms with Crippen LogP contribution in [0.2, 0.25) is 0 Å². The van der Waals surface area contributed by atoms with Crippen molar-refractivity contribution in [3.05, 3.63) is 46.3 Å². The quantitative estimate of drug-likeness (QED) is 0.503. The Morgan fingerprint density at radius 1 is 1.50 bits per heavy atom. The molecule has 0 saturated heterocycles. The van der Waals surface area contributed by atoms with E-state index in [0.29, 0.717) is 12.2 Å². The fourth-order valence-corrected chi connectivity index (χ4v) is 2.67. The van der Waals surface area contributed by atoms with Crippen molar-refractivity contribution in [2.24, 2.45) is 7.05 Å². The second-order valence-corrected chi connectivity index (χ2v) is 5.33. The monoisotopic (exact) mass is 292 g/mol. The zero-order valence-electron chi connectivity index (χ0n) is 11.4. The maximum Gasteiger partial charge on any atom is 0.292 e. The van der Waals surface area contributed by atoms with Crippen LogP contribution in [0.3, 0.4) is 0 Å². The van der Waals surface area contributed by atoms with Gasteiger partial charge in [0, 0.05) is 36.5 Å². The van der Waals surface area contributed by atoms with Gasteiger partial charge in [-0.2, -0.15) is 5.10 Å². The second kappa shape index (κ2) is 6.42. The average molecular weight is 292 g/mol. The van der Waals surface area contributed by atoms with Crippen molar-refractivity contribution in [2.75, 3.05) is 11.9 Å². The normalized spacial score (nSPS) is 10.5. The molecule has 7 heteroatoms. The molecule has 20 heavy (non-hydrogen) atoms. The molecule has 0 aliphatic carbocycles. The summed E-state index contributed by atoms with van der Waals surface area (Å²) in [6.07, 6.45) is 3.75. The molecule has 0 saturated carbocycles. The zero-order chi connectivity index (χ0) is 14.5. The van der Waals surface area contributed by atoms with Crippen LogP contribution in [0.15, 0.2) is 35.5 Å². The largest absolute Gasteiger partial charge is 0.380 e. The molecule has 0 amide bonds. The van der Waals surface area contributed by atoms with Crippen LogP contribution in [0, 0.1) is 10.1 Å². The Hall–Kier alpha value is -2.02. The van der Waals surface area contributed by atoms with Crippen LogP contribution < -0.4 is 5.32 Å². The van der Waals surface area contributed by atoms with Gasteiger partial charge in [0.1, 0.15) is 5.69 Å². The van der Waals surface area contributed by atoms with E-state index in [2.05, 4.69) is 10.4 Å². The Morgan fingerprint density at radius 2 is 2.30 bits per heavy atom. The van der Waals surface area contributed by atoms with Gasteiger partial charge < -0.3 is 5.32 Å². The highest BCUT2D eigenvalue weighted by atomic mass is 32.2. The summed E-state index contributed by atoms with van der Waals surface area (Å²) in [5.41, 5.74) is 1.73. The molecule has 2 aromatic rings. The van der Waals surface area contributed by atoms with Gasteiger partial charge in [-0.15, -0.1) is 11.8 Å². The number of benzene rings is 1. The molecule has 1 aromatic carbocycles. The molecule has 0 aliphatic heterocycles. The molecule has 2 rings (SSSR count). The fraction of sp³-hybridized carbons (Fsp3) is 0.308. The average Bonchev–Trinajstić information content (AvgIpc) is 2.82. The smallest absolute Gasteiger partial charge is 0.292 e. The minimum Gasteiger partial charge on any atom is -0.380 e. The molecule has 106 valence electrons. The van der Waals surface area contributed by atoms with Crippen molar-refractivity contribution in [3.8, 4) is 0 Å². The Morgan fingerprint density at radius 3 is 2.90 bits per heavy atom. The summed E-state index contributed by atoms with van der Waals surface area (Å²) < 4.78 is 1.75. The minimum atomic E-state index is -0.365. The van der Waals surface area contributed by atoms with Crippen molar-refractivity contribution in [3.63, 3.8) is 0 Å². The van der Waals surface area contributed by atoms with Crippen molar-refractivity contribution in [2.45, 2.75) is 17.6 Å². The van der Waals surface area contributed by atoms with E-state index in [1.54, 1.807) is 34.8 Å². The van der Waals surface area contributed by atoms with Gasteiger partial charge in [-0.25, -0.2) is 0 Å². The van der Waals surface area contributed by atoms with Gasteiger partial charge in [0.05, 0.1) is 11.1 Å². The number of nitrogens with one attached hydrogen (secondary N) is 1. The van der Waals surface area contributed by atoms with E-state index in [9.17, 15) is 10.1 Å². The summed E-state index contributed by atoms with van der Waals surface area (Å²) in [5, 5.41) is 18.1. The number of thioether (sulfide) groups is 1. The Bertz CT molecular complexity index is 612. The lowest BCUT2D eigenvalue weighted by atomic mass is 10.2. The summed E-state index contributed by atoms with van der Waals surface area (Å²) in [6, 6.07) is 5.18. The molecule has 1 N–H and O–H groups in total. The third-order valence-electron chi connectivity index (χ3n) is 2.71. The van der Waals surface area contributed by atoms with E-state index in [1.165, 1.54) is 0 Å². The van der Waals surface area contributed by atoms with Crippen LogP contribution in [-0.2, 0) is 12.8 Å². The number of hydrogen-bond donors (Lipinski definition) is 1. The number of aryl methyl sites for hydroxylation is 1. The molecular weight excluding hydrogens is 276 g/mol. The Kier molecular flexibility index (Phi) is 4.62. The maximum atomic E-state index is 10.9. The molecule has 0 fully saturated rings. The predicted octanol–water partition coefficient (Wildman–Crippen LogP) is 3.05. The van der Waals surface area contributed by atoms with E-state index in [-0.39, 0.29) is 10.6 Å². The van der Waals surface area contributed by atoms with Gasteiger partial charge in [-0.05, 0) is 18.6 Å². The third kappa shape index (κ3) is 3.51. The first-order chi connectivity index (χ1) is 9.60. The molecule has 1 heterocycles. The van der Waals surface area contributed by atoms with Crippen molar-refractivity contribution in [1.82, 2.24) is 9.78 Å². The number of nitro groups is 1. The third-order valence-corrected chi connectivity index (χ3v) is 3.73. The first kappa shape index (κ1) is 14.4. The van der Waals surface area contributed by atoms with Gasteiger partial charge in [-0.1, -0.05) is 6.07 Å². The molecule has 0 unspecified atom stereocenters. The lowest BCUT2D eigenvalue weighted by Crippen LogP contribution is -2.01. The van der Waals surface area contributed by atoms with Crippen LogP contribution in [0.25, 0.3) is 0 Å². The maximum absolute atomic E-state index is 10.9. The highest BCUT2D eigenvalue weighted by Crippen LogP contribution is 2.29. The number of rotatable bonds is 6. The highest BCUT2D eigenvalue weighted by Gasteiger charge is 2.13. The van der Waals surface area contributed by atoms with Gasteiger partial charge in [-0.3, -0.25) is 14.8 Å². The standard InChI is InChI=1S/C13H16N4O2S/c1-3-14-12-6-10(4-5-13(12)17(18)19)9-20-11-7-15-16(2)8-11/h4-8,14H,3,9H2,1-2H3. The summed E-state index contributed by atoms with van der Waals surface area (Å²) in [4.78, 5) is 11.7. The number of nitrogens with zero attached hydrogens (tertiary/aromatic N) is 3. The van der Waals surface area contributed by atoms with Crippen LogP contribution in [0.5, 0.6) is 0 Å². The van der Waals surface area contributed by atoms with Gasteiger partial charge >= 0.3 is 0 Å². The minimum absolute atomic E-state index is 0.113. The summed E-state index contributed by atoms with van der Waals surface area (Å²) >= 11 is 1.65. The molecule has 1 aromatic heterocycles. The van der Waals surface area contributed by atoms with Crippen molar-refractivity contribution < 1.29 is 4.92 Å². The molecule has 0 aliphatic rings. The second-order valence-electron chi connectivity index (χ2n) is 4.28. The predicted molar refractivity (Wildman–Crippen MR) is 80.0 cm³/mol. The van der Waals surface area contributed by atoms with E-state index in [0.717, 1.165) is 16.2 Å². The number of nitro benzene ring substituents is 1. The van der Waals surface area contributed by atoms with Crippen molar-refractivity contribution >= 4 is 23.1 Å². The number of anilines is 1. The number of aromatic nitrogens is 2. The Labute approximate surface area is 121 Å². The first-order valence-electron chi connectivity index (χ1n) is 6.22. The first-order valence-corrected chi connectivity index (χ1v) is 7.21. The summed E-state index contributed by atoms with van der Waals surface area (Å²) in [5.74, 6) is 0.752. The molecule has 0 bridgehead atoms. The van der Waals surface area contributed by atoms with E-state index < -0.39 is 0 Å². The van der Waals surface area contributed by atoms with Gasteiger partial charge in [0.25, 0.3) is 5.69 Å². The molecule has 6 nitrogen and oxygen atoms in total. The molecular formula is C13H16N4O2S. The van der Waals surface area contributed by atoms with Gasteiger partial charge in [0.15, 0.2) is 0 Å². The molecule has 0 radical (unpaired) electrons.